The molecule has 11 heteroatoms. The van der Waals surface area contributed by atoms with Gasteiger partial charge in [0.25, 0.3) is 11.1 Å². The number of hydrogen-bond donors (Lipinski definition) is 1. The standard InChI is InChI=1S/C20H15BrN4O4S2/c1-31(27,28)20-24-19(30-25-20)23-18(26)15(11-22)9-14-7-8-17(16(21)10-14)29-12-13-5-3-2-4-6-13/h2-10H,12H2,1H3,(H,23,24,25,26). The van der Waals surface area contributed by atoms with Crippen LogP contribution in [0, 0.1) is 11.3 Å². The lowest BCUT2D eigenvalue weighted by atomic mass is 10.1. The van der Waals surface area contributed by atoms with E-state index >= 15 is 0 Å². The molecule has 2 aromatic carbocycles. The first-order valence-corrected chi connectivity index (χ1v) is 12.2. The molecule has 8 nitrogen and oxygen atoms in total. The van der Waals surface area contributed by atoms with Crippen LogP contribution in [-0.2, 0) is 21.2 Å². The molecule has 0 saturated carbocycles. The number of amides is 1. The van der Waals surface area contributed by atoms with Gasteiger partial charge in [-0.25, -0.2) is 8.42 Å². The fourth-order valence-electron chi connectivity index (χ4n) is 2.35. The fraction of sp³-hybridized carbons (Fsp3) is 0.100. The van der Waals surface area contributed by atoms with E-state index in [-0.39, 0.29) is 15.9 Å². The van der Waals surface area contributed by atoms with Crippen molar-refractivity contribution < 1.29 is 17.9 Å². The van der Waals surface area contributed by atoms with Crippen molar-refractivity contribution in [1.82, 2.24) is 9.36 Å². The van der Waals surface area contributed by atoms with E-state index in [9.17, 15) is 18.5 Å². The van der Waals surface area contributed by atoms with Crippen molar-refractivity contribution in [1.29, 1.82) is 5.26 Å². The van der Waals surface area contributed by atoms with Crippen LogP contribution in [0.15, 0.2) is 63.7 Å². The highest BCUT2D eigenvalue weighted by molar-refractivity contribution is 9.10. The first-order valence-electron chi connectivity index (χ1n) is 8.69. The number of carbonyl (C=O) groups excluding carboxylic acids is 1. The second kappa shape index (κ2) is 9.82. The Kier molecular flexibility index (Phi) is 7.17. The highest BCUT2D eigenvalue weighted by Gasteiger charge is 2.17. The van der Waals surface area contributed by atoms with Gasteiger partial charge >= 0.3 is 0 Å². The van der Waals surface area contributed by atoms with Crippen molar-refractivity contribution in [2.75, 3.05) is 11.6 Å². The predicted octanol–water partition coefficient (Wildman–Crippen LogP) is 3.83. The molecule has 0 radical (unpaired) electrons. The molecule has 0 saturated heterocycles. The zero-order valence-electron chi connectivity index (χ0n) is 16.1. The number of nitrogens with one attached hydrogen (secondary N) is 1. The topological polar surface area (TPSA) is 122 Å². The number of benzene rings is 2. The zero-order valence-corrected chi connectivity index (χ0v) is 19.3. The number of nitrogens with zero attached hydrogens (tertiary/aromatic N) is 3. The van der Waals surface area contributed by atoms with E-state index in [1.54, 1.807) is 18.2 Å². The maximum absolute atomic E-state index is 12.4. The number of rotatable bonds is 7. The molecule has 0 aliphatic carbocycles. The third kappa shape index (κ3) is 6.21. The molecule has 3 aromatic rings. The molecule has 3 rings (SSSR count). The van der Waals surface area contributed by atoms with Gasteiger partial charge in [0.15, 0.2) is 0 Å². The van der Waals surface area contributed by atoms with Crippen LogP contribution in [-0.4, -0.2) is 29.9 Å². The summed E-state index contributed by atoms with van der Waals surface area (Å²) in [7, 11) is -3.58. The first-order chi connectivity index (χ1) is 14.8. The average molecular weight is 519 g/mol. The lowest BCUT2D eigenvalue weighted by molar-refractivity contribution is -0.112. The van der Waals surface area contributed by atoms with E-state index in [0.717, 1.165) is 11.8 Å². The minimum absolute atomic E-state index is 0.0163. The van der Waals surface area contributed by atoms with Crippen LogP contribution >= 0.6 is 27.5 Å². The van der Waals surface area contributed by atoms with E-state index in [1.165, 1.54) is 6.08 Å². The van der Waals surface area contributed by atoms with E-state index < -0.39 is 15.7 Å². The van der Waals surface area contributed by atoms with Gasteiger partial charge in [-0.1, -0.05) is 36.4 Å². The van der Waals surface area contributed by atoms with Gasteiger partial charge in [0.2, 0.25) is 15.0 Å². The van der Waals surface area contributed by atoms with Crippen LogP contribution in [0.3, 0.4) is 0 Å². The van der Waals surface area contributed by atoms with Gasteiger partial charge in [0.1, 0.15) is 24.0 Å². The Hall–Kier alpha value is -3.07. The van der Waals surface area contributed by atoms with E-state index in [4.69, 9.17) is 4.74 Å². The van der Waals surface area contributed by atoms with Crippen LogP contribution in [0.2, 0.25) is 0 Å². The fourth-order valence-corrected chi connectivity index (χ4v) is 4.30. The van der Waals surface area contributed by atoms with Gasteiger partial charge in [0.05, 0.1) is 4.47 Å². The number of aromatic nitrogens is 2. The van der Waals surface area contributed by atoms with Crippen molar-refractivity contribution in [3.8, 4) is 11.8 Å². The van der Waals surface area contributed by atoms with Crippen molar-refractivity contribution in [2.45, 2.75) is 11.8 Å². The highest BCUT2D eigenvalue weighted by atomic mass is 79.9. The summed E-state index contributed by atoms with van der Waals surface area (Å²) in [6.07, 6.45) is 2.37. The van der Waals surface area contributed by atoms with Gasteiger partial charge in [-0.05, 0) is 45.3 Å². The van der Waals surface area contributed by atoms with Gasteiger partial charge in [-0.3, -0.25) is 10.1 Å². The largest absolute Gasteiger partial charge is 0.488 e. The van der Waals surface area contributed by atoms with Crippen molar-refractivity contribution in [3.05, 3.63) is 69.7 Å². The van der Waals surface area contributed by atoms with Crippen molar-refractivity contribution in [2.24, 2.45) is 0 Å². The summed E-state index contributed by atoms with van der Waals surface area (Å²) in [5.41, 5.74) is 1.44. The smallest absolute Gasteiger partial charge is 0.268 e. The van der Waals surface area contributed by atoms with E-state index in [0.29, 0.717) is 33.9 Å². The Morgan fingerprint density at radius 3 is 2.65 bits per heavy atom. The Balaban J connectivity index is 1.71. The second-order valence-electron chi connectivity index (χ2n) is 6.24. The molecular weight excluding hydrogens is 504 g/mol. The molecule has 158 valence electrons. The first kappa shape index (κ1) is 22.6. The Labute approximate surface area is 191 Å². The number of hydrogen-bond acceptors (Lipinski definition) is 8. The van der Waals surface area contributed by atoms with Crippen molar-refractivity contribution >= 4 is 54.4 Å². The summed E-state index contributed by atoms with van der Waals surface area (Å²) in [4.78, 5) is 16.1. The summed E-state index contributed by atoms with van der Waals surface area (Å²) in [5, 5.41) is 11.3. The number of halogens is 1. The SMILES string of the molecule is CS(=O)(=O)c1nsc(NC(=O)C(C#N)=Cc2ccc(OCc3ccccc3)c(Br)c2)n1. The summed E-state index contributed by atoms with van der Waals surface area (Å²) < 4.78 is 33.0. The lowest BCUT2D eigenvalue weighted by Crippen LogP contribution is -2.13. The predicted molar refractivity (Wildman–Crippen MR) is 120 cm³/mol. The number of sulfone groups is 1. The molecule has 0 aliphatic rings. The molecule has 0 atom stereocenters. The second-order valence-corrected chi connectivity index (χ2v) is 9.76. The summed E-state index contributed by atoms with van der Waals surface area (Å²) in [6, 6.07) is 16.7. The minimum atomic E-state index is -3.58. The molecule has 0 aliphatic heterocycles. The van der Waals surface area contributed by atoms with E-state index in [1.807, 2.05) is 36.4 Å². The highest BCUT2D eigenvalue weighted by Crippen LogP contribution is 2.28. The molecular formula is C20H15BrN4O4S2. The maximum Gasteiger partial charge on any atom is 0.268 e. The molecule has 1 amide bonds. The zero-order chi connectivity index (χ0) is 22.4. The van der Waals surface area contributed by atoms with Crippen LogP contribution in [0.1, 0.15) is 11.1 Å². The quantitative estimate of drug-likeness (QED) is 0.372. The number of nitriles is 1. The number of carbonyl (C=O) groups is 1. The van der Waals surface area contributed by atoms with Crippen LogP contribution < -0.4 is 10.1 Å². The lowest BCUT2D eigenvalue weighted by Gasteiger charge is -2.09. The third-order valence-corrected chi connectivity index (χ3v) is 6.04. The minimum Gasteiger partial charge on any atom is -0.488 e. The molecule has 1 heterocycles. The van der Waals surface area contributed by atoms with Crippen LogP contribution in [0.25, 0.3) is 6.08 Å². The molecule has 0 spiro atoms. The summed E-state index contributed by atoms with van der Waals surface area (Å²) in [6.45, 7) is 0.401. The molecule has 1 aromatic heterocycles. The third-order valence-electron chi connectivity index (χ3n) is 3.83. The maximum atomic E-state index is 12.4. The van der Waals surface area contributed by atoms with E-state index in [2.05, 4.69) is 30.6 Å². The average Bonchev–Trinajstić information content (AvgIpc) is 3.21. The summed E-state index contributed by atoms with van der Waals surface area (Å²) in [5.74, 6) is -0.106. The normalized spacial score (nSPS) is 11.6. The van der Waals surface area contributed by atoms with Gasteiger partial charge in [-0.2, -0.15) is 14.6 Å². The monoisotopic (exact) mass is 518 g/mol. The van der Waals surface area contributed by atoms with Crippen LogP contribution in [0.5, 0.6) is 5.75 Å². The number of ether oxygens (including phenoxy) is 1. The number of anilines is 1. The van der Waals surface area contributed by atoms with Gasteiger partial charge in [0, 0.05) is 17.8 Å². The Morgan fingerprint density at radius 1 is 1.29 bits per heavy atom. The van der Waals surface area contributed by atoms with Crippen LogP contribution in [0.4, 0.5) is 5.13 Å². The van der Waals surface area contributed by atoms with Gasteiger partial charge < -0.3 is 4.74 Å². The Morgan fingerprint density at radius 2 is 2.03 bits per heavy atom. The molecule has 31 heavy (non-hydrogen) atoms. The summed E-state index contributed by atoms with van der Waals surface area (Å²) >= 11 is 4.15. The molecule has 1 N–H and O–H groups in total. The Bertz CT molecular complexity index is 1280. The van der Waals surface area contributed by atoms with Crippen molar-refractivity contribution in [3.63, 3.8) is 0 Å². The van der Waals surface area contributed by atoms with Gasteiger partial charge in [-0.15, -0.1) is 0 Å². The molecule has 0 unspecified atom stereocenters. The molecule has 0 fully saturated rings. The molecule has 0 bridgehead atoms.